The molecule has 1 atom stereocenters. The van der Waals surface area contributed by atoms with Gasteiger partial charge in [-0.1, -0.05) is 31.2 Å². The molecule has 2 rings (SSSR count). The molecule has 0 aliphatic heterocycles. The van der Waals surface area contributed by atoms with E-state index in [9.17, 15) is 9.36 Å². The van der Waals surface area contributed by atoms with Crippen molar-refractivity contribution in [3.05, 3.63) is 64.2 Å². The van der Waals surface area contributed by atoms with Crippen LogP contribution in [0.15, 0.2) is 36.4 Å². The minimum absolute atomic E-state index is 0.518. The first-order valence-electron chi connectivity index (χ1n) is 7.30. The normalized spacial score (nSPS) is 11.2. The van der Waals surface area contributed by atoms with Gasteiger partial charge < -0.3 is 0 Å². The quantitative estimate of drug-likeness (QED) is 0.785. The maximum Gasteiger partial charge on any atom is 0.600 e. The van der Waals surface area contributed by atoms with Gasteiger partial charge in [0.2, 0.25) is 5.30 Å². The van der Waals surface area contributed by atoms with E-state index < -0.39 is 14.0 Å². The van der Waals surface area contributed by atoms with Gasteiger partial charge in [0.1, 0.15) is 0 Å². The molecule has 2 aromatic rings. The van der Waals surface area contributed by atoms with Gasteiger partial charge in [-0.2, -0.15) is 0 Å². The highest BCUT2D eigenvalue weighted by molar-refractivity contribution is 7.49. The molecule has 0 bridgehead atoms. The molecule has 0 aromatic heterocycles. The molecule has 0 spiro atoms. The Morgan fingerprint density at radius 3 is 2.32 bits per heavy atom. The topological polar surface area (TPSA) is 43.4 Å². The Bertz CT molecular complexity index is 721. The molecular weight excluding hydrogens is 295 g/mol. The second kappa shape index (κ2) is 6.85. The van der Waals surface area contributed by atoms with Crippen LogP contribution in [0.2, 0.25) is 0 Å². The van der Waals surface area contributed by atoms with E-state index in [1.807, 2.05) is 32.9 Å². The zero-order chi connectivity index (χ0) is 16.3. The minimum Gasteiger partial charge on any atom is -0.241 e. The maximum atomic E-state index is 12.4. The number of hydrogen-bond donors (Lipinski definition) is 0. The summed E-state index contributed by atoms with van der Waals surface area (Å²) in [6.07, 6.45) is 0.850. The SMILES string of the molecule is CCc1c(C)cc(C)c(C(=O)O[P+](=O)c2ccccc2)c1C. The van der Waals surface area contributed by atoms with Crippen molar-refractivity contribution in [2.75, 3.05) is 0 Å². The molecule has 0 aliphatic rings. The van der Waals surface area contributed by atoms with Crippen molar-refractivity contribution in [2.24, 2.45) is 0 Å². The van der Waals surface area contributed by atoms with Gasteiger partial charge in [0.25, 0.3) is 0 Å². The summed E-state index contributed by atoms with van der Waals surface area (Å²) in [6.45, 7) is 7.90. The highest BCUT2D eigenvalue weighted by Crippen LogP contribution is 2.28. The summed E-state index contributed by atoms with van der Waals surface area (Å²) in [5.41, 5.74) is 4.62. The molecule has 0 heterocycles. The molecule has 0 saturated carbocycles. The zero-order valence-electron chi connectivity index (χ0n) is 13.3. The molecule has 2 aromatic carbocycles. The molecule has 0 aliphatic carbocycles. The number of carbonyl (C=O) groups is 1. The first-order valence-corrected chi connectivity index (χ1v) is 8.47. The highest BCUT2D eigenvalue weighted by Gasteiger charge is 2.30. The van der Waals surface area contributed by atoms with E-state index in [4.69, 9.17) is 4.52 Å². The average Bonchev–Trinajstić information content (AvgIpc) is 2.48. The van der Waals surface area contributed by atoms with E-state index in [-0.39, 0.29) is 0 Å². The maximum absolute atomic E-state index is 12.4. The Morgan fingerprint density at radius 1 is 1.09 bits per heavy atom. The summed E-state index contributed by atoms with van der Waals surface area (Å²) < 4.78 is 17.4. The second-order valence-corrected chi connectivity index (χ2v) is 6.53. The van der Waals surface area contributed by atoms with Crippen LogP contribution in [0.4, 0.5) is 0 Å². The molecular formula is C18H20O3P+. The molecule has 0 amide bonds. The van der Waals surface area contributed by atoms with Crippen molar-refractivity contribution in [1.82, 2.24) is 0 Å². The number of carbonyl (C=O) groups excluding carboxylic acids is 1. The van der Waals surface area contributed by atoms with Crippen LogP contribution in [0.3, 0.4) is 0 Å². The lowest BCUT2D eigenvalue weighted by Crippen LogP contribution is -2.11. The van der Waals surface area contributed by atoms with Gasteiger partial charge >= 0.3 is 14.0 Å². The van der Waals surface area contributed by atoms with Gasteiger partial charge in [-0.05, 0) is 66.1 Å². The molecule has 4 heteroatoms. The standard InChI is InChI=1S/C18H20O3P/c1-5-16-12(2)11-13(3)17(14(16)4)18(19)21-22(20)15-9-7-6-8-10-15/h6-11H,5H2,1-4H3/q+1. The summed E-state index contributed by atoms with van der Waals surface area (Å²) in [5.74, 6) is -0.519. The Labute approximate surface area is 132 Å². The van der Waals surface area contributed by atoms with Crippen molar-refractivity contribution in [1.29, 1.82) is 0 Å². The van der Waals surface area contributed by atoms with Crippen molar-refractivity contribution in [2.45, 2.75) is 34.1 Å². The number of benzene rings is 2. The van der Waals surface area contributed by atoms with Crippen LogP contribution in [0, 0.1) is 20.8 Å². The Kier molecular flexibility index (Phi) is 5.10. The fourth-order valence-electron chi connectivity index (χ4n) is 2.81. The van der Waals surface area contributed by atoms with E-state index in [1.54, 1.807) is 24.3 Å². The van der Waals surface area contributed by atoms with Gasteiger partial charge in [-0.3, -0.25) is 0 Å². The third kappa shape index (κ3) is 3.26. The van der Waals surface area contributed by atoms with E-state index in [1.165, 1.54) is 5.56 Å². The lowest BCUT2D eigenvalue weighted by Gasteiger charge is -2.13. The fraction of sp³-hybridized carbons (Fsp3) is 0.278. The first-order chi connectivity index (χ1) is 10.5. The third-order valence-electron chi connectivity index (χ3n) is 3.82. The van der Waals surface area contributed by atoms with E-state index in [0.29, 0.717) is 10.9 Å². The number of hydrogen-bond acceptors (Lipinski definition) is 3. The second-order valence-electron chi connectivity index (χ2n) is 5.31. The van der Waals surface area contributed by atoms with Crippen LogP contribution in [0.1, 0.15) is 39.5 Å². The first kappa shape index (κ1) is 16.4. The van der Waals surface area contributed by atoms with Crippen LogP contribution >= 0.6 is 8.03 Å². The van der Waals surface area contributed by atoms with Gasteiger partial charge in [0.15, 0.2) is 0 Å². The smallest absolute Gasteiger partial charge is 0.241 e. The Hall–Kier alpha value is -1.99. The Morgan fingerprint density at radius 2 is 1.73 bits per heavy atom. The molecule has 0 N–H and O–H groups in total. The number of aryl methyl sites for hydroxylation is 2. The lowest BCUT2D eigenvalue weighted by atomic mass is 9.92. The predicted molar refractivity (Wildman–Crippen MR) is 89.1 cm³/mol. The van der Waals surface area contributed by atoms with E-state index >= 15 is 0 Å². The Balaban J connectivity index is 2.33. The summed E-state index contributed by atoms with van der Waals surface area (Å²) in [4.78, 5) is 12.4. The molecule has 0 radical (unpaired) electrons. The van der Waals surface area contributed by atoms with Crippen molar-refractivity contribution in [3.63, 3.8) is 0 Å². The van der Waals surface area contributed by atoms with Crippen molar-refractivity contribution < 1.29 is 13.9 Å². The van der Waals surface area contributed by atoms with Gasteiger partial charge in [-0.15, -0.1) is 0 Å². The van der Waals surface area contributed by atoms with E-state index in [2.05, 4.69) is 6.92 Å². The van der Waals surface area contributed by atoms with Gasteiger partial charge in [0.05, 0.1) is 5.56 Å². The van der Waals surface area contributed by atoms with Gasteiger partial charge in [-0.25, -0.2) is 9.32 Å². The lowest BCUT2D eigenvalue weighted by molar-refractivity contribution is 0.0750. The summed E-state index contributed by atoms with van der Waals surface area (Å²) >= 11 is 0. The van der Waals surface area contributed by atoms with E-state index in [0.717, 1.165) is 23.1 Å². The molecule has 3 nitrogen and oxygen atoms in total. The number of rotatable bonds is 4. The molecule has 22 heavy (non-hydrogen) atoms. The molecule has 0 fully saturated rings. The summed E-state index contributed by atoms with van der Waals surface area (Å²) in [5, 5.41) is 0.518. The summed E-state index contributed by atoms with van der Waals surface area (Å²) in [6, 6.07) is 10.7. The molecule has 1 unspecified atom stereocenters. The third-order valence-corrected chi connectivity index (χ3v) is 4.87. The molecule has 0 saturated heterocycles. The average molecular weight is 315 g/mol. The fourth-order valence-corrected chi connectivity index (χ4v) is 3.57. The zero-order valence-corrected chi connectivity index (χ0v) is 14.2. The van der Waals surface area contributed by atoms with Crippen LogP contribution < -0.4 is 5.30 Å². The largest absolute Gasteiger partial charge is 0.600 e. The van der Waals surface area contributed by atoms with Crippen molar-refractivity contribution >= 4 is 19.3 Å². The monoisotopic (exact) mass is 315 g/mol. The van der Waals surface area contributed by atoms with Crippen LogP contribution in [0.5, 0.6) is 0 Å². The summed E-state index contributed by atoms with van der Waals surface area (Å²) in [7, 11) is -2.18. The van der Waals surface area contributed by atoms with Crippen LogP contribution in [-0.4, -0.2) is 5.97 Å². The molecule has 114 valence electrons. The predicted octanol–water partition coefficient (Wildman–Crippen LogP) is 4.40. The van der Waals surface area contributed by atoms with Crippen molar-refractivity contribution in [3.8, 4) is 0 Å². The van der Waals surface area contributed by atoms with Gasteiger partial charge in [0, 0.05) is 0 Å². The highest BCUT2D eigenvalue weighted by atomic mass is 31.1. The minimum atomic E-state index is -2.18. The van der Waals surface area contributed by atoms with Crippen LogP contribution in [0.25, 0.3) is 0 Å². The van der Waals surface area contributed by atoms with Crippen LogP contribution in [-0.2, 0) is 15.5 Å².